The lowest BCUT2D eigenvalue weighted by molar-refractivity contribution is 0.234. The standard InChI is InChI=1S/C14H23NO/c1-10(2)14(9-16)15(5)13-8-11(3)6-7-12(13)4/h6-8,10,14,16H,9H2,1-5H3. The molecule has 0 radical (unpaired) electrons. The Labute approximate surface area is 98.9 Å². The Morgan fingerprint density at radius 3 is 2.38 bits per heavy atom. The van der Waals surface area contributed by atoms with E-state index in [1.165, 1.54) is 16.8 Å². The average Bonchev–Trinajstić information content (AvgIpc) is 2.22. The Hall–Kier alpha value is -1.02. The second kappa shape index (κ2) is 5.35. The van der Waals surface area contributed by atoms with Crippen LogP contribution in [-0.2, 0) is 0 Å². The highest BCUT2D eigenvalue weighted by molar-refractivity contribution is 5.55. The van der Waals surface area contributed by atoms with Gasteiger partial charge in [0, 0.05) is 12.7 Å². The van der Waals surface area contributed by atoms with Crippen LogP contribution in [0.25, 0.3) is 0 Å². The topological polar surface area (TPSA) is 23.5 Å². The third kappa shape index (κ3) is 2.76. The fraction of sp³-hybridized carbons (Fsp3) is 0.571. The third-order valence-electron chi connectivity index (χ3n) is 3.20. The Kier molecular flexibility index (Phi) is 4.36. The van der Waals surface area contributed by atoms with E-state index in [1.807, 2.05) is 0 Å². The molecule has 1 aromatic carbocycles. The highest BCUT2D eigenvalue weighted by Gasteiger charge is 2.19. The first-order valence-electron chi connectivity index (χ1n) is 5.88. The summed E-state index contributed by atoms with van der Waals surface area (Å²) in [6.45, 7) is 8.69. The van der Waals surface area contributed by atoms with E-state index in [1.54, 1.807) is 0 Å². The van der Waals surface area contributed by atoms with Gasteiger partial charge in [-0.05, 0) is 37.0 Å². The van der Waals surface area contributed by atoms with Gasteiger partial charge in [0.05, 0.1) is 12.6 Å². The molecular formula is C14H23NO. The molecule has 16 heavy (non-hydrogen) atoms. The highest BCUT2D eigenvalue weighted by atomic mass is 16.3. The molecule has 0 aliphatic rings. The molecule has 1 rings (SSSR count). The fourth-order valence-corrected chi connectivity index (χ4v) is 2.06. The Balaban J connectivity index is 3.02. The second-order valence-corrected chi connectivity index (χ2v) is 4.89. The van der Waals surface area contributed by atoms with Crippen molar-refractivity contribution < 1.29 is 5.11 Å². The van der Waals surface area contributed by atoms with E-state index in [0.717, 1.165) is 0 Å². The van der Waals surface area contributed by atoms with Crippen LogP contribution in [0.5, 0.6) is 0 Å². The molecule has 0 heterocycles. The molecule has 0 fully saturated rings. The molecule has 90 valence electrons. The van der Waals surface area contributed by atoms with Gasteiger partial charge in [-0.3, -0.25) is 0 Å². The van der Waals surface area contributed by atoms with Crippen LogP contribution in [0, 0.1) is 19.8 Å². The SMILES string of the molecule is Cc1ccc(C)c(N(C)C(CO)C(C)C)c1. The van der Waals surface area contributed by atoms with Crippen LogP contribution in [0.4, 0.5) is 5.69 Å². The van der Waals surface area contributed by atoms with Crippen LogP contribution >= 0.6 is 0 Å². The molecule has 1 aromatic rings. The maximum Gasteiger partial charge on any atom is 0.0637 e. The minimum absolute atomic E-state index is 0.181. The zero-order valence-corrected chi connectivity index (χ0v) is 11.0. The number of rotatable bonds is 4. The van der Waals surface area contributed by atoms with Gasteiger partial charge < -0.3 is 10.0 Å². The lowest BCUT2D eigenvalue weighted by Crippen LogP contribution is -2.39. The van der Waals surface area contributed by atoms with Crippen LogP contribution in [0.1, 0.15) is 25.0 Å². The summed E-state index contributed by atoms with van der Waals surface area (Å²) in [5.41, 5.74) is 3.73. The van der Waals surface area contributed by atoms with Crippen molar-refractivity contribution in [3.05, 3.63) is 29.3 Å². The van der Waals surface area contributed by atoms with Gasteiger partial charge in [0.1, 0.15) is 0 Å². The summed E-state index contributed by atoms with van der Waals surface area (Å²) in [5.74, 6) is 0.440. The van der Waals surface area contributed by atoms with Crippen LogP contribution < -0.4 is 4.90 Å². The molecule has 0 aliphatic carbocycles. The van der Waals surface area contributed by atoms with Gasteiger partial charge in [0.15, 0.2) is 0 Å². The van der Waals surface area contributed by atoms with Crippen LogP contribution in [0.3, 0.4) is 0 Å². The number of hydrogen-bond acceptors (Lipinski definition) is 2. The molecule has 0 spiro atoms. The van der Waals surface area contributed by atoms with E-state index < -0.39 is 0 Å². The number of aliphatic hydroxyl groups excluding tert-OH is 1. The molecule has 1 N–H and O–H groups in total. The zero-order chi connectivity index (χ0) is 12.3. The van der Waals surface area contributed by atoms with Gasteiger partial charge >= 0.3 is 0 Å². The predicted molar refractivity (Wildman–Crippen MR) is 70.0 cm³/mol. The van der Waals surface area contributed by atoms with Crippen molar-refractivity contribution in [2.45, 2.75) is 33.7 Å². The number of nitrogens with zero attached hydrogens (tertiary/aromatic N) is 1. The number of aryl methyl sites for hydroxylation is 2. The minimum Gasteiger partial charge on any atom is -0.394 e. The predicted octanol–water partition coefficient (Wildman–Crippen LogP) is 2.76. The lowest BCUT2D eigenvalue weighted by Gasteiger charge is -2.32. The van der Waals surface area contributed by atoms with Crippen LogP contribution in [0.15, 0.2) is 18.2 Å². The maximum absolute atomic E-state index is 9.45. The van der Waals surface area contributed by atoms with Crippen molar-refractivity contribution in [2.24, 2.45) is 5.92 Å². The number of benzene rings is 1. The van der Waals surface area contributed by atoms with E-state index in [4.69, 9.17) is 0 Å². The molecule has 0 aliphatic heterocycles. The minimum atomic E-state index is 0.181. The van der Waals surface area contributed by atoms with E-state index in [2.05, 4.69) is 57.8 Å². The summed E-state index contributed by atoms with van der Waals surface area (Å²) in [6.07, 6.45) is 0. The largest absolute Gasteiger partial charge is 0.394 e. The normalized spacial score (nSPS) is 12.9. The Bertz CT molecular complexity index is 347. The summed E-state index contributed by atoms with van der Waals surface area (Å²) in [5, 5.41) is 9.45. The van der Waals surface area contributed by atoms with E-state index in [-0.39, 0.29) is 12.6 Å². The monoisotopic (exact) mass is 221 g/mol. The Morgan fingerprint density at radius 1 is 1.25 bits per heavy atom. The lowest BCUT2D eigenvalue weighted by atomic mass is 10.0. The molecule has 2 nitrogen and oxygen atoms in total. The smallest absolute Gasteiger partial charge is 0.0637 e. The van der Waals surface area contributed by atoms with E-state index >= 15 is 0 Å². The van der Waals surface area contributed by atoms with E-state index in [9.17, 15) is 5.11 Å². The summed E-state index contributed by atoms with van der Waals surface area (Å²) < 4.78 is 0. The van der Waals surface area contributed by atoms with Crippen molar-refractivity contribution in [3.8, 4) is 0 Å². The van der Waals surface area contributed by atoms with Gasteiger partial charge in [-0.15, -0.1) is 0 Å². The molecule has 0 saturated carbocycles. The first-order chi connectivity index (χ1) is 7.47. The summed E-state index contributed by atoms with van der Waals surface area (Å²) >= 11 is 0. The van der Waals surface area contributed by atoms with Crippen LogP contribution in [-0.4, -0.2) is 24.8 Å². The van der Waals surface area contributed by atoms with E-state index in [0.29, 0.717) is 5.92 Å². The second-order valence-electron chi connectivity index (χ2n) is 4.89. The number of likely N-dealkylation sites (N-methyl/N-ethyl adjacent to an activating group) is 1. The number of aliphatic hydroxyl groups is 1. The highest BCUT2D eigenvalue weighted by Crippen LogP contribution is 2.24. The third-order valence-corrected chi connectivity index (χ3v) is 3.20. The molecule has 0 aromatic heterocycles. The summed E-state index contributed by atoms with van der Waals surface area (Å²) in [4.78, 5) is 2.19. The first kappa shape index (κ1) is 13.0. The van der Waals surface area contributed by atoms with Gasteiger partial charge in [-0.1, -0.05) is 26.0 Å². The summed E-state index contributed by atoms with van der Waals surface area (Å²) in [6, 6.07) is 6.62. The molecule has 0 bridgehead atoms. The number of anilines is 1. The molecular weight excluding hydrogens is 198 g/mol. The molecule has 2 heteroatoms. The fourth-order valence-electron chi connectivity index (χ4n) is 2.06. The van der Waals surface area contributed by atoms with Crippen molar-refractivity contribution >= 4 is 5.69 Å². The summed E-state index contributed by atoms with van der Waals surface area (Å²) in [7, 11) is 2.06. The molecule has 0 saturated heterocycles. The van der Waals surface area contributed by atoms with Gasteiger partial charge in [-0.2, -0.15) is 0 Å². The number of hydrogen-bond donors (Lipinski definition) is 1. The van der Waals surface area contributed by atoms with Crippen molar-refractivity contribution in [3.63, 3.8) is 0 Å². The maximum atomic E-state index is 9.45. The zero-order valence-electron chi connectivity index (χ0n) is 11.0. The van der Waals surface area contributed by atoms with Crippen molar-refractivity contribution in [1.29, 1.82) is 0 Å². The average molecular weight is 221 g/mol. The van der Waals surface area contributed by atoms with Gasteiger partial charge in [-0.25, -0.2) is 0 Å². The van der Waals surface area contributed by atoms with Crippen molar-refractivity contribution in [1.82, 2.24) is 0 Å². The molecule has 0 amide bonds. The van der Waals surface area contributed by atoms with Crippen molar-refractivity contribution in [2.75, 3.05) is 18.6 Å². The van der Waals surface area contributed by atoms with Crippen LogP contribution in [0.2, 0.25) is 0 Å². The van der Waals surface area contributed by atoms with Gasteiger partial charge in [0.25, 0.3) is 0 Å². The molecule has 1 atom stereocenters. The molecule has 1 unspecified atom stereocenters. The Morgan fingerprint density at radius 2 is 1.88 bits per heavy atom. The van der Waals surface area contributed by atoms with Gasteiger partial charge in [0.2, 0.25) is 0 Å². The first-order valence-corrected chi connectivity index (χ1v) is 5.88. The quantitative estimate of drug-likeness (QED) is 0.845.